The minimum Gasteiger partial charge on any atom is -0.341 e. The van der Waals surface area contributed by atoms with Gasteiger partial charge in [0.05, 0.1) is 17.6 Å². The first-order valence-corrected chi connectivity index (χ1v) is 9.14. The van der Waals surface area contributed by atoms with E-state index < -0.39 is 5.82 Å². The van der Waals surface area contributed by atoms with Crippen LogP contribution >= 0.6 is 0 Å². The zero-order valence-corrected chi connectivity index (χ0v) is 15.6. The third kappa shape index (κ3) is 4.10. The van der Waals surface area contributed by atoms with Gasteiger partial charge in [-0.2, -0.15) is 5.10 Å². The summed E-state index contributed by atoms with van der Waals surface area (Å²) in [5.74, 6) is -0.431. The summed E-state index contributed by atoms with van der Waals surface area (Å²) in [5.41, 5.74) is 1.42. The van der Waals surface area contributed by atoms with Gasteiger partial charge in [0, 0.05) is 19.6 Å². The van der Waals surface area contributed by atoms with Crippen LogP contribution in [0.15, 0.2) is 30.5 Å². The maximum absolute atomic E-state index is 14.0. The van der Waals surface area contributed by atoms with Crippen LogP contribution in [0.4, 0.5) is 14.9 Å². The number of para-hydroxylation sites is 1. The third-order valence-corrected chi connectivity index (χ3v) is 4.65. The van der Waals surface area contributed by atoms with Gasteiger partial charge in [0.1, 0.15) is 18.0 Å². The lowest BCUT2D eigenvalue weighted by Gasteiger charge is -2.21. The van der Waals surface area contributed by atoms with Crippen LogP contribution in [0.2, 0.25) is 0 Å². The predicted molar refractivity (Wildman–Crippen MR) is 100 cm³/mol. The number of rotatable bonds is 4. The molecule has 1 aromatic carbocycles. The number of nitrogens with zero attached hydrogens (tertiary/aromatic N) is 4. The zero-order valence-electron chi connectivity index (χ0n) is 15.6. The Morgan fingerprint density at radius 3 is 2.81 bits per heavy atom. The maximum atomic E-state index is 14.0. The summed E-state index contributed by atoms with van der Waals surface area (Å²) in [6.45, 7) is 5.73. The molecule has 0 spiro atoms. The molecule has 0 aliphatic carbocycles. The number of hydrogen-bond acceptors (Lipinski definition) is 3. The molecule has 1 aliphatic heterocycles. The second-order valence-electron chi connectivity index (χ2n) is 6.59. The summed E-state index contributed by atoms with van der Waals surface area (Å²) < 4.78 is 15.5. The molecule has 0 radical (unpaired) electrons. The van der Waals surface area contributed by atoms with Crippen molar-refractivity contribution in [3.8, 4) is 5.69 Å². The molecule has 27 heavy (non-hydrogen) atoms. The van der Waals surface area contributed by atoms with Gasteiger partial charge >= 0.3 is 6.03 Å². The first kappa shape index (κ1) is 18.9. The molecule has 1 N–H and O–H groups in total. The molecule has 3 rings (SSSR count). The van der Waals surface area contributed by atoms with E-state index in [-0.39, 0.29) is 18.5 Å². The van der Waals surface area contributed by atoms with E-state index in [0.29, 0.717) is 36.7 Å². The Bertz CT molecular complexity index is 835. The summed E-state index contributed by atoms with van der Waals surface area (Å²) in [5, 5.41) is 6.98. The Kier molecular flexibility index (Phi) is 5.73. The number of amides is 3. The summed E-state index contributed by atoms with van der Waals surface area (Å²) in [7, 11) is 0. The summed E-state index contributed by atoms with van der Waals surface area (Å²) in [6.07, 6.45) is 3.13. The number of hydrogen-bond donors (Lipinski definition) is 1. The molecule has 7 nitrogen and oxygen atoms in total. The van der Waals surface area contributed by atoms with Crippen molar-refractivity contribution in [1.82, 2.24) is 19.6 Å². The molecule has 0 unspecified atom stereocenters. The number of carbonyl (C=O) groups is 2. The second kappa shape index (κ2) is 8.20. The molecule has 1 fully saturated rings. The van der Waals surface area contributed by atoms with E-state index in [1.165, 1.54) is 21.8 Å². The SMILES string of the molecule is CCCN1CCCN(C(=O)Nc2cnn(-c3ccccc3F)c2C)CC1=O. The fraction of sp³-hybridized carbons (Fsp3) is 0.421. The number of anilines is 1. The van der Waals surface area contributed by atoms with Crippen LogP contribution in [-0.2, 0) is 4.79 Å². The number of halogens is 1. The van der Waals surface area contributed by atoms with Crippen LogP contribution in [0.5, 0.6) is 0 Å². The zero-order chi connectivity index (χ0) is 19.4. The van der Waals surface area contributed by atoms with Crippen molar-refractivity contribution in [2.75, 3.05) is 31.5 Å². The van der Waals surface area contributed by atoms with Gasteiger partial charge < -0.3 is 15.1 Å². The van der Waals surface area contributed by atoms with E-state index in [9.17, 15) is 14.0 Å². The van der Waals surface area contributed by atoms with Gasteiger partial charge in [0.25, 0.3) is 0 Å². The highest BCUT2D eigenvalue weighted by Crippen LogP contribution is 2.21. The van der Waals surface area contributed by atoms with Crippen molar-refractivity contribution in [3.63, 3.8) is 0 Å². The molecule has 2 aromatic rings. The number of benzene rings is 1. The first-order chi connectivity index (χ1) is 13.0. The molecule has 3 amide bonds. The maximum Gasteiger partial charge on any atom is 0.322 e. The number of urea groups is 1. The Morgan fingerprint density at radius 2 is 2.07 bits per heavy atom. The van der Waals surface area contributed by atoms with Crippen LogP contribution in [0, 0.1) is 12.7 Å². The van der Waals surface area contributed by atoms with Gasteiger partial charge in [-0.1, -0.05) is 19.1 Å². The predicted octanol–water partition coefficient (Wildman–Crippen LogP) is 2.80. The molecule has 8 heteroatoms. The third-order valence-electron chi connectivity index (χ3n) is 4.65. The molecule has 1 aromatic heterocycles. The quantitative estimate of drug-likeness (QED) is 0.896. The Hall–Kier alpha value is -2.90. The molecule has 0 saturated carbocycles. The molecular weight excluding hydrogens is 349 g/mol. The number of nitrogens with one attached hydrogen (secondary N) is 1. The Balaban J connectivity index is 1.72. The monoisotopic (exact) mass is 373 g/mol. The van der Waals surface area contributed by atoms with Gasteiger partial charge in [-0.3, -0.25) is 4.79 Å². The van der Waals surface area contributed by atoms with E-state index in [1.807, 2.05) is 6.92 Å². The molecule has 2 heterocycles. The smallest absolute Gasteiger partial charge is 0.322 e. The van der Waals surface area contributed by atoms with Gasteiger partial charge in [-0.25, -0.2) is 13.9 Å². The fourth-order valence-corrected chi connectivity index (χ4v) is 3.19. The molecule has 1 aliphatic rings. The number of aromatic nitrogens is 2. The number of carbonyl (C=O) groups excluding carboxylic acids is 2. The van der Waals surface area contributed by atoms with Crippen LogP contribution < -0.4 is 5.32 Å². The van der Waals surface area contributed by atoms with Crippen molar-refractivity contribution in [2.24, 2.45) is 0 Å². The van der Waals surface area contributed by atoms with E-state index in [1.54, 1.807) is 30.0 Å². The average molecular weight is 373 g/mol. The molecular formula is C19H24FN5O2. The largest absolute Gasteiger partial charge is 0.341 e. The average Bonchev–Trinajstić information content (AvgIpc) is 2.89. The topological polar surface area (TPSA) is 70.5 Å². The summed E-state index contributed by atoms with van der Waals surface area (Å²) in [6, 6.07) is 5.97. The lowest BCUT2D eigenvalue weighted by atomic mass is 10.3. The highest BCUT2D eigenvalue weighted by atomic mass is 19.1. The Morgan fingerprint density at radius 1 is 1.30 bits per heavy atom. The minimum absolute atomic E-state index is 0.0386. The summed E-state index contributed by atoms with van der Waals surface area (Å²) >= 11 is 0. The van der Waals surface area contributed by atoms with Crippen LogP contribution in [-0.4, -0.2) is 57.7 Å². The van der Waals surface area contributed by atoms with Gasteiger partial charge in [0.15, 0.2) is 0 Å². The molecule has 0 atom stereocenters. The van der Waals surface area contributed by atoms with Gasteiger partial charge in [-0.15, -0.1) is 0 Å². The highest BCUT2D eigenvalue weighted by molar-refractivity contribution is 5.93. The standard InChI is InChI=1S/C19H24FN5O2/c1-3-9-23-10-6-11-24(13-18(23)26)19(27)22-16-12-21-25(14(16)2)17-8-5-4-7-15(17)20/h4-5,7-8,12H,3,6,9-11,13H2,1-2H3,(H,22,27). The van der Waals surface area contributed by atoms with Crippen LogP contribution in [0.3, 0.4) is 0 Å². The van der Waals surface area contributed by atoms with E-state index in [4.69, 9.17) is 0 Å². The fourth-order valence-electron chi connectivity index (χ4n) is 3.19. The lowest BCUT2D eigenvalue weighted by Crippen LogP contribution is -2.41. The highest BCUT2D eigenvalue weighted by Gasteiger charge is 2.25. The van der Waals surface area contributed by atoms with Gasteiger partial charge in [0.2, 0.25) is 5.91 Å². The Labute approximate surface area is 157 Å². The lowest BCUT2D eigenvalue weighted by molar-refractivity contribution is -0.130. The first-order valence-electron chi connectivity index (χ1n) is 9.14. The molecule has 144 valence electrons. The van der Waals surface area contributed by atoms with Crippen molar-refractivity contribution in [2.45, 2.75) is 26.7 Å². The second-order valence-corrected chi connectivity index (χ2v) is 6.59. The van der Waals surface area contributed by atoms with Crippen molar-refractivity contribution in [1.29, 1.82) is 0 Å². The van der Waals surface area contributed by atoms with E-state index >= 15 is 0 Å². The van der Waals surface area contributed by atoms with E-state index in [2.05, 4.69) is 10.4 Å². The minimum atomic E-state index is -0.393. The summed E-state index contributed by atoms with van der Waals surface area (Å²) in [4.78, 5) is 28.3. The normalized spacial score (nSPS) is 15.0. The molecule has 0 bridgehead atoms. The van der Waals surface area contributed by atoms with Crippen LogP contribution in [0.1, 0.15) is 25.5 Å². The van der Waals surface area contributed by atoms with Crippen LogP contribution in [0.25, 0.3) is 5.69 Å². The van der Waals surface area contributed by atoms with Crippen molar-refractivity contribution in [3.05, 3.63) is 42.0 Å². The van der Waals surface area contributed by atoms with E-state index in [0.717, 1.165) is 12.8 Å². The van der Waals surface area contributed by atoms with Gasteiger partial charge in [-0.05, 0) is 31.9 Å². The molecule has 1 saturated heterocycles. The van der Waals surface area contributed by atoms with Crippen molar-refractivity contribution < 1.29 is 14.0 Å². The van der Waals surface area contributed by atoms with Crippen molar-refractivity contribution >= 4 is 17.6 Å².